The average Bonchev–Trinajstić information content (AvgIpc) is 3.58. The molecule has 3 N–H and O–H groups in total. The predicted octanol–water partition coefficient (Wildman–Crippen LogP) is 5.40. The van der Waals surface area contributed by atoms with E-state index in [2.05, 4.69) is 25.0 Å². The number of piperidine rings is 1. The molecule has 20 heteroatoms. The molecule has 64 heavy (non-hydrogen) atoms. The van der Waals surface area contributed by atoms with Crippen LogP contribution < -0.4 is 25.2 Å². The van der Waals surface area contributed by atoms with Crippen LogP contribution in [0.15, 0.2) is 53.6 Å². The number of amides is 3. The Hall–Kier alpha value is -6.01. The molecule has 3 aromatic carbocycles. The van der Waals surface area contributed by atoms with Gasteiger partial charge < -0.3 is 14.7 Å². The second-order valence-electron chi connectivity index (χ2n) is 17.5. The van der Waals surface area contributed by atoms with Gasteiger partial charge in [-0.15, -0.1) is 0 Å². The number of aromatic nitrogens is 4. The number of fused-ring (bicyclic) bond motifs is 2. The van der Waals surface area contributed by atoms with Crippen molar-refractivity contribution in [1.29, 1.82) is 5.26 Å². The maximum atomic E-state index is 15.8. The van der Waals surface area contributed by atoms with Gasteiger partial charge in [-0.05, 0) is 124 Å². The molecule has 2 aromatic heterocycles. The molecule has 0 bridgehead atoms. The molecule has 4 heterocycles. The first-order chi connectivity index (χ1) is 30.7. The van der Waals surface area contributed by atoms with E-state index in [-0.39, 0.29) is 71.0 Å². The molecule has 3 amide bonds. The SMILES string of the molecule is CN(CCO)S(=O)(=O)Nc1ccc(F)c(Oc2ccc3ncn(C4CC5(CCN(C6CCC(c7cc8c(cc7F)c(N7CCC(=O)NC7=O)nn8C)CC6)CC5)C4)c(=O)c3c2)c1C#N. The number of carbonyl (C=O) groups is 2. The number of nitrogens with zero attached hydrogens (tertiary/aromatic N) is 8. The van der Waals surface area contributed by atoms with Gasteiger partial charge in [-0.25, -0.2) is 18.6 Å². The average molecular weight is 899 g/mol. The first-order valence-electron chi connectivity index (χ1n) is 21.5. The minimum atomic E-state index is -4.18. The van der Waals surface area contributed by atoms with Gasteiger partial charge in [0.15, 0.2) is 17.4 Å². The van der Waals surface area contributed by atoms with E-state index in [4.69, 9.17) is 9.84 Å². The normalized spacial score (nSPS) is 20.7. The van der Waals surface area contributed by atoms with Gasteiger partial charge in [0.25, 0.3) is 5.56 Å². The zero-order chi connectivity index (χ0) is 45.1. The summed E-state index contributed by atoms with van der Waals surface area (Å²) in [5.74, 6) is -1.63. The van der Waals surface area contributed by atoms with Crippen LogP contribution >= 0.6 is 0 Å². The highest BCUT2D eigenvalue weighted by Gasteiger charge is 2.48. The van der Waals surface area contributed by atoms with E-state index in [0.29, 0.717) is 28.3 Å². The zero-order valence-corrected chi connectivity index (χ0v) is 36.2. The lowest BCUT2D eigenvalue weighted by atomic mass is 9.60. The van der Waals surface area contributed by atoms with Crippen molar-refractivity contribution in [2.75, 3.05) is 49.5 Å². The molecule has 4 aliphatic rings. The van der Waals surface area contributed by atoms with E-state index in [1.165, 1.54) is 30.1 Å². The Morgan fingerprint density at radius 1 is 1.00 bits per heavy atom. The number of carbonyl (C=O) groups excluding carboxylic acids is 2. The number of aryl methyl sites for hydroxylation is 1. The number of hydrogen-bond acceptors (Lipinski definition) is 11. The molecule has 2 aliphatic carbocycles. The van der Waals surface area contributed by atoms with Crippen molar-refractivity contribution in [1.82, 2.24) is 33.9 Å². The number of rotatable bonds is 11. The van der Waals surface area contributed by atoms with Crippen molar-refractivity contribution < 1.29 is 36.6 Å². The molecule has 9 rings (SSSR count). The molecule has 0 radical (unpaired) electrons. The largest absolute Gasteiger partial charge is 0.453 e. The minimum absolute atomic E-state index is 0.0452. The number of imide groups is 1. The third-order valence-corrected chi connectivity index (χ3v) is 15.2. The number of aliphatic hydroxyl groups excluding tert-OH is 1. The van der Waals surface area contributed by atoms with Crippen LogP contribution in [0, 0.1) is 28.4 Å². The summed E-state index contributed by atoms with van der Waals surface area (Å²) in [4.78, 5) is 46.6. The summed E-state index contributed by atoms with van der Waals surface area (Å²) in [7, 11) is -1.17. The summed E-state index contributed by atoms with van der Waals surface area (Å²) in [5, 5.41) is 26.7. The molecule has 0 unspecified atom stereocenters. The summed E-state index contributed by atoms with van der Waals surface area (Å²) in [5.41, 5.74) is 1.04. The van der Waals surface area contributed by atoms with Crippen LogP contribution in [0.5, 0.6) is 11.5 Å². The zero-order valence-electron chi connectivity index (χ0n) is 35.4. The second-order valence-corrected chi connectivity index (χ2v) is 19.3. The first-order valence-corrected chi connectivity index (χ1v) is 22.9. The third kappa shape index (κ3) is 7.94. The fraction of sp³-hybridized carbons (Fsp3) is 0.455. The Labute approximate surface area is 367 Å². The lowest BCUT2D eigenvalue weighted by Crippen LogP contribution is -2.51. The van der Waals surface area contributed by atoms with Gasteiger partial charge in [0.2, 0.25) is 5.91 Å². The Morgan fingerprint density at radius 2 is 1.75 bits per heavy atom. The van der Waals surface area contributed by atoms with E-state index in [1.807, 2.05) is 12.1 Å². The molecule has 336 valence electrons. The van der Waals surface area contributed by atoms with E-state index < -0.39 is 40.0 Å². The predicted molar refractivity (Wildman–Crippen MR) is 232 cm³/mol. The fourth-order valence-electron chi connectivity index (χ4n) is 10.1. The van der Waals surface area contributed by atoms with Gasteiger partial charge in [0, 0.05) is 51.1 Å². The van der Waals surface area contributed by atoms with Crippen LogP contribution in [0.2, 0.25) is 0 Å². The third-order valence-electron chi connectivity index (χ3n) is 13.8. The van der Waals surface area contributed by atoms with E-state index in [9.17, 15) is 28.1 Å². The van der Waals surface area contributed by atoms with Gasteiger partial charge in [0.05, 0.1) is 35.0 Å². The molecule has 2 aliphatic heterocycles. The smallest absolute Gasteiger partial charge is 0.329 e. The molecular weight excluding hydrogens is 851 g/mol. The summed E-state index contributed by atoms with van der Waals surface area (Å²) in [6.45, 7) is 1.45. The number of anilines is 2. The highest BCUT2D eigenvalue weighted by Crippen LogP contribution is 2.55. The number of ether oxygens (including phenoxy) is 1. The van der Waals surface area contributed by atoms with E-state index in [1.54, 1.807) is 28.7 Å². The van der Waals surface area contributed by atoms with Gasteiger partial charge in [-0.2, -0.15) is 23.1 Å². The van der Waals surface area contributed by atoms with Crippen molar-refractivity contribution in [2.45, 2.75) is 75.8 Å². The minimum Gasteiger partial charge on any atom is -0.453 e. The first kappa shape index (κ1) is 43.3. The topological polar surface area (TPSA) is 208 Å². The van der Waals surface area contributed by atoms with Gasteiger partial charge in [-0.3, -0.25) is 33.8 Å². The van der Waals surface area contributed by atoms with Crippen LogP contribution in [-0.4, -0.2) is 99.9 Å². The van der Waals surface area contributed by atoms with Crippen LogP contribution in [0.25, 0.3) is 21.8 Å². The van der Waals surface area contributed by atoms with Crippen LogP contribution in [0.3, 0.4) is 0 Å². The van der Waals surface area contributed by atoms with Gasteiger partial charge in [0.1, 0.15) is 23.2 Å². The van der Waals surface area contributed by atoms with Crippen molar-refractivity contribution >= 4 is 55.5 Å². The summed E-state index contributed by atoms with van der Waals surface area (Å²) < 4.78 is 68.6. The fourth-order valence-corrected chi connectivity index (χ4v) is 11.0. The molecule has 1 spiro atoms. The molecular formula is C44H48F2N10O7S. The lowest BCUT2D eigenvalue weighted by Gasteiger charge is -2.54. The van der Waals surface area contributed by atoms with Gasteiger partial charge >= 0.3 is 16.2 Å². The number of aliphatic hydroxyl groups is 1. The number of likely N-dealkylation sites (tertiary alicyclic amines) is 1. The number of likely N-dealkylation sites (N-methyl/N-ethyl adjacent to an activating group) is 1. The standard InChI is InChI=1S/C44H48F2N10O7S/c1-52(17-18-57)64(61,62)51-37-10-8-34(45)40(33(37)24-47)63-29-7-9-36-31(19-29)42(59)56(25-48-36)28-22-44(23-28)12-15-54(16-13-44)27-5-3-26(4-6-27)30-21-38-32(20-35(30)46)41(50-53(38)2)55-14-11-39(58)49-43(55)60/h7-10,19-21,25-28,51,57H,3-6,11-18,22-23H2,1-2H3,(H,49,58,60). The van der Waals surface area contributed by atoms with Crippen molar-refractivity contribution in [3.63, 3.8) is 0 Å². The van der Waals surface area contributed by atoms with Gasteiger partial charge in [-0.1, -0.05) is 0 Å². The Balaban J connectivity index is 0.818. The number of benzene rings is 3. The molecule has 0 atom stereocenters. The molecule has 2 saturated heterocycles. The quantitative estimate of drug-likeness (QED) is 0.153. The number of nitriles is 1. The maximum absolute atomic E-state index is 15.8. The summed E-state index contributed by atoms with van der Waals surface area (Å²) in [6.07, 6.45) is 9.03. The molecule has 2 saturated carbocycles. The second kappa shape index (κ2) is 16.8. The molecule has 17 nitrogen and oxygen atoms in total. The number of urea groups is 1. The highest BCUT2D eigenvalue weighted by molar-refractivity contribution is 7.90. The molecule has 5 aromatic rings. The number of halogens is 2. The monoisotopic (exact) mass is 898 g/mol. The Kier molecular flexibility index (Phi) is 11.4. The number of hydrogen-bond donors (Lipinski definition) is 3. The highest BCUT2D eigenvalue weighted by atomic mass is 32.2. The van der Waals surface area contributed by atoms with E-state index >= 15 is 8.78 Å². The molecule has 4 fully saturated rings. The van der Waals surface area contributed by atoms with Crippen LogP contribution in [0.4, 0.5) is 25.1 Å². The van der Waals surface area contributed by atoms with Crippen molar-refractivity contribution in [3.8, 4) is 17.6 Å². The van der Waals surface area contributed by atoms with Crippen LogP contribution in [0.1, 0.15) is 80.9 Å². The Morgan fingerprint density at radius 3 is 2.45 bits per heavy atom. The summed E-state index contributed by atoms with van der Waals surface area (Å²) in [6, 6.07) is 11.5. The summed E-state index contributed by atoms with van der Waals surface area (Å²) >= 11 is 0. The van der Waals surface area contributed by atoms with Crippen molar-refractivity contribution in [2.24, 2.45) is 12.5 Å². The lowest BCUT2D eigenvalue weighted by molar-refractivity contribution is -0.120. The number of nitrogens with one attached hydrogen (secondary N) is 2. The maximum Gasteiger partial charge on any atom is 0.329 e. The van der Waals surface area contributed by atoms with E-state index in [0.717, 1.165) is 86.4 Å². The van der Waals surface area contributed by atoms with Crippen molar-refractivity contribution in [3.05, 3.63) is 81.9 Å². The van der Waals surface area contributed by atoms with Crippen LogP contribution in [-0.2, 0) is 22.1 Å². The Bertz CT molecular complexity index is 2890.